The molecule has 0 saturated heterocycles. The summed E-state index contributed by atoms with van der Waals surface area (Å²) in [5, 5.41) is -0.0110. The summed E-state index contributed by atoms with van der Waals surface area (Å²) >= 11 is 6.25. The van der Waals surface area contributed by atoms with Crippen LogP contribution in [0.4, 0.5) is 5.69 Å². The van der Waals surface area contributed by atoms with E-state index in [1.165, 1.54) is 40.6 Å². The fraction of sp³-hybridized carbons (Fsp3) is 0.211. The molecule has 0 amide bonds. The molecule has 0 heterocycles. The van der Waals surface area contributed by atoms with E-state index in [0.717, 1.165) is 0 Å². The number of carbonyl (C=O) groups excluding carboxylic acids is 1. The molecule has 0 spiro atoms. The van der Waals surface area contributed by atoms with E-state index < -0.39 is 0 Å². The molecule has 0 aromatic heterocycles. The van der Waals surface area contributed by atoms with Gasteiger partial charge in [-0.15, -0.1) is 0 Å². The van der Waals surface area contributed by atoms with Crippen molar-refractivity contribution in [3.05, 3.63) is 46.5 Å². The zero-order valence-corrected chi connectivity index (χ0v) is 15.7. The maximum atomic E-state index is 12.6. The van der Waals surface area contributed by atoms with Gasteiger partial charge in [-0.05, 0) is 30.3 Å². The number of Topliss-reactive ketones (excluding diaryl/α,β-unsaturated/α-hetero) is 1. The molecule has 0 aliphatic carbocycles. The van der Waals surface area contributed by atoms with Gasteiger partial charge in [0.15, 0.2) is 11.5 Å². The molecule has 0 aliphatic heterocycles. The Bertz CT molecular complexity index is 848. The van der Waals surface area contributed by atoms with Crippen molar-refractivity contribution in [3.63, 3.8) is 0 Å². The molecule has 2 aromatic rings. The predicted octanol–water partition coefficient (Wildman–Crippen LogP) is 3.77. The summed E-state index contributed by atoms with van der Waals surface area (Å²) in [5.74, 6) is 1.54. The molecule has 0 fully saturated rings. The number of methoxy groups -OCH3 is 4. The normalized spacial score (nSPS) is 11.0. The van der Waals surface area contributed by atoms with E-state index in [1.807, 2.05) is 0 Å². The van der Waals surface area contributed by atoms with Gasteiger partial charge in [0.25, 0.3) is 0 Å². The van der Waals surface area contributed by atoms with Crippen molar-refractivity contribution in [2.75, 3.05) is 34.2 Å². The Hall–Kier alpha value is -2.86. The number of rotatable bonds is 7. The highest BCUT2D eigenvalue weighted by molar-refractivity contribution is 6.47. The lowest BCUT2D eigenvalue weighted by atomic mass is 10.1. The standard InChI is InChI=1S/C19H20ClNO5/c1-23-13-7-12(19(26-4)17(10-13)25-3)8-14(20)18(22)11-5-6-16(24-2)15(21)9-11/h5-10H,21H2,1-4H3. The molecule has 138 valence electrons. The molecule has 0 unspecified atom stereocenters. The Morgan fingerprint density at radius 3 is 2.19 bits per heavy atom. The zero-order chi connectivity index (χ0) is 19.3. The van der Waals surface area contributed by atoms with Crippen molar-refractivity contribution in [1.29, 1.82) is 0 Å². The molecule has 7 heteroatoms. The third-order valence-corrected chi connectivity index (χ3v) is 3.99. The Morgan fingerprint density at radius 2 is 1.65 bits per heavy atom. The number of nitrogens with two attached hydrogens (primary N) is 1. The van der Waals surface area contributed by atoms with Crippen molar-refractivity contribution in [2.24, 2.45) is 0 Å². The van der Waals surface area contributed by atoms with Crippen molar-refractivity contribution < 1.29 is 23.7 Å². The van der Waals surface area contributed by atoms with Crippen LogP contribution in [0.15, 0.2) is 35.4 Å². The van der Waals surface area contributed by atoms with E-state index in [1.54, 1.807) is 24.3 Å². The predicted molar refractivity (Wildman–Crippen MR) is 102 cm³/mol. The molecule has 0 bridgehead atoms. The molecular formula is C19H20ClNO5. The SMILES string of the molecule is COc1cc(C=C(Cl)C(=O)c2ccc(OC)c(N)c2)c(OC)c(OC)c1. The quantitative estimate of drug-likeness (QED) is 0.449. The molecule has 2 N–H and O–H groups in total. The van der Waals surface area contributed by atoms with Crippen molar-refractivity contribution in [2.45, 2.75) is 0 Å². The highest BCUT2D eigenvalue weighted by Gasteiger charge is 2.16. The van der Waals surface area contributed by atoms with Gasteiger partial charge >= 0.3 is 0 Å². The molecule has 2 aromatic carbocycles. The first-order valence-corrected chi connectivity index (χ1v) is 7.98. The maximum Gasteiger partial charge on any atom is 0.204 e. The molecule has 2 rings (SSSR count). The summed E-state index contributed by atoms with van der Waals surface area (Å²) in [5.41, 5.74) is 7.09. The molecule has 26 heavy (non-hydrogen) atoms. The number of anilines is 1. The summed E-state index contributed by atoms with van der Waals surface area (Å²) in [6.45, 7) is 0. The van der Waals surface area contributed by atoms with Crippen LogP contribution in [-0.2, 0) is 0 Å². The number of ether oxygens (including phenoxy) is 4. The van der Waals surface area contributed by atoms with Gasteiger partial charge in [-0.1, -0.05) is 11.6 Å². The Morgan fingerprint density at radius 1 is 0.962 bits per heavy atom. The summed E-state index contributed by atoms with van der Waals surface area (Å²) in [6.07, 6.45) is 1.49. The lowest BCUT2D eigenvalue weighted by Crippen LogP contribution is -2.02. The van der Waals surface area contributed by atoms with E-state index in [2.05, 4.69) is 0 Å². The number of carbonyl (C=O) groups is 1. The van der Waals surface area contributed by atoms with Gasteiger partial charge in [0.05, 0.1) is 39.2 Å². The fourth-order valence-corrected chi connectivity index (χ4v) is 2.63. The van der Waals surface area contributed by atoms with Crippen LogP contribution in [0.3, 0.4) is 0 Å². The Balaban J connectivity index is 2.45. The van der Waals surface area contributed by atoms with Gasteiger partial charge in [-0.25, -0.2) is 0 Å². The van der Waals surface area contributed by atoms with Crippen LogP contribution in [0.25, 0.3) is 6.08 Å². The Kier molecular flexibility index (Phi) is 6.36. The lowest BCUT2D eigenvalue weighted by Gasteiger charge is -2.13. The third kappa shape index (κ3) is 4.03. The summed E-state index contributed by atoms with van der Waals surface area (Å²) < 4.78 is 21.0. The molecule has 6 nitrogen and oxygen atoms in total. The summed E-state index contributed by atoms with van der Waals surface area (Å²) in [7, 11) is 6.05. The topological polar surface area (TPSA) is 80.0 Å². The first-order valence-electron chi connectivity index (χ1n) is 7.60. The minimum absolute atomic E-state index is 0.0110. The number of allylic oxidation sites excluding steroid dienone is 1. The molecule has 0 aliphatic rings. The molecular weight excluding hydrogens is 358 g/mol. The first-order chi connectivity index (χ1) is 12.4. The van der Waals surface area contributed by atoms with Crippen molar-refractivity contribution in [1.82, 2.24) is 0 Å². The number of nitrogen functional groups attached to an aromatic ring is 1. The second kappa shape index (κ2) is 8.49. The number of ketones is 1. The van der Waals surface area contributed by atoms with Crippen molar-refractivity contribution in [3.8, 4) is 23.0 Å². The monoisotopic (exact) mass is 377 g/mol. The number of hydrogen-bond acceptors (Lipinski definition) is 6. The van der Waals surface area contributed by atoms with Gasteiger partial charge in [0, 0.05) is 17.2 Å². The van der Waals surface area contributed by atoms with Crippen LogP contribution in [0.5, 0.6) is 23.0 Å². The van der Waals surface area contributed by atoms with E-state index in [9.17, 15) is 4.79 Å². The van der Waals surface area contributed by atoms with E-state index in [4.69, 9.17) is 36.3 Å². The summed E-state index contributed by atoms with van der Waals surface area (Å²) in [6, 6.07) is 8.09. The minimum Gasteiger partial charge on any atom is -0.497 e. The third-order valence-electron chi connectivity index (χ3n) is 3.71. The van der Waals surface area contributed by atoms with Crippen molar-refractivity contribution >= 4 is 29.1 Å². The largest absolute Gasteiger partial charge is 0.497 e. The zero-order valence-electron chi connectivity index (χ0n) is 15.0. The van der Waals surface area contributed by atoms with Crippen LogP contribution in [0.2, 0.25) is 0 Å². The smallest absolute Gasteiger partial charge is 0.204 e. The second-order valence-corrected chi connectivity index (χ2v) is 5.64. The van der Waals surface area contributed by atoms with Crippen LogP contribution in [0, 0.1) is 0 Å². The maximum absolute atomic E-state index is 12.6. The highest BCUT2D eigenvalue weighted by atomic mass is 35.5. The number of halogens is 1. The Labute approximate surface area is 157 Å². The first kappa shape index (κ1) is 19.5. The summed E-state index contributed by atoms with van der Waals surface area (Å²) in [4.78, 5) is 12.6. The number of benzene rings is 2. The average molecular weight is 378 g/mol. The number of hydrogen-bond donors (Lipinski definition) is 1. The van der Waals surface area contributed by atoms with Gasteiger partial charge in [-0.2, -0.15) is 0 Å². The lowest BCUT2D eigenvalue weighted by molar-refractivity contribution is 0.104. The van der Waals surface area contributed by atoms with Gasteiger partial charge in [-0.3, -0.25) is 4.79 Å². The van der Waals surface area contributed by atoms with Crippen LogP contribution in [-0.4, -0.2) is 34.2 Å². The van der Waals surface area contributed by atoms with E-state index in [0.29, 0.717) is 39.8 Å². The molecule has 0 saturated carbocycles. The highest BCUT2D eigenvalue weighted by Crippen LogP contribution is 2.37. The van der Waals surface area contributed by atoms with E-state index in [-0.39, 0.29) is 10.8 Å². The fourth-order valence-electron chi connectivity index (χ4n) is 2.41. The van der Waals surface area contributed by atoms with Crippen LogP contribution >= 0.6 is 11.6 Å². The van der Waals surface area contributed by atoms with E-state index >= 15 is 0 Å². The second-order valence-electron chi connectivity index (χ2n) is 5.23. The average Bonchev–Trinajstić information content (AvgIpc) is 2.66. The molecule has 0 radical (unpaired) electrons. The van der Waals surface area contributed by atoms with Gasteiger partial charge in [0.1, 0.15) is 11.5 Å². The molecule has 0 atom stereocenters. The van der Waals surface area contributed by atoms with Gasteiger partial charge < -0.3 is 24.7 Å². The van der Waals surface area contributed by atoms with Gasteiger partial charge in [0.2, 0.25) is 5.78 Å². The minimum atomic E-state index is -0.384. The van der Waals surface area contributed by atoms with Crippen LogP contribution in [0.1, 0.15) is 15.9 Å². The van der Waals surface area contributed by atoms with Crippen LogP contribution < -0.4 is 24.7 Å².